The Morgan fingerprint density at radius 3 is 2.67 bits per heavy atom. The molecule has 0 spiro atoms. The molecule has 0 amide bonds. The molecule has 4 heterocycles. The van der Waals surface area contributed by atoms with E-state index >= 15 is 4.39 Å². The SMILES string of the molecule is C=C1CCc2cc(C3=NC(F)=C(C4C5CC5c5cc(-c6cc(Cl)ccc6-n6cc(C(F)F)nn6)cc(=O)n54)C3)ccc2C1. The van der Waals surface area contributed by atoms with Crippen molar-refractivity contribution >= 4 is 17.3 Å². The van der Waals surface area contributed by atoms with Gasteiger partial charge < -0.3 is 4.57 Å². The number of halogens is 4. The second-order valence-electron chi connectivity index (χ2n) is 11.8. The van der Waals surface area contributed by atoms with Gasteiger partial charge in [0.25, 0.3) is 12.0 Å². The first-order valence-corrected chi connectivity index (χ1v) is 14.6. The zero-order valence-corrected chi connectivity index (χ0v) is 23.7. The topological polar surface area (TPSA) is 65.1 Å². The van der Waals surface area contributed by atoms with E-state index in [4.69, 9.17) is 11.6 Å². The Morgan fingerprint density at radius 2 is 1.86 bits per heavy atom. The van der Waals surface area contributed by atoms with Gasteiger partial charge in [-0.15, -0.1) is 5.10 Å². The molecule has 4 aliphatic rings. The van der Waals surface area contributed by atoms with Crippen LogP contribution in [0.1, 0.15) is 65.7 Å². The van der Waals surface area contributed by atoms with E-state index in [1.165, 1.54) is 27.4 Å². The lowest BCUT2D eigenvalue weighted by Crippen LogP contribution is -2.26. The second kappa shape index (κ2) is 9.64. The van der Waals surface area contributed by atoms with E-state index < -0.39 is 24.1 Å². The van der Waals surface area contributed by atoms with Gasteiger partial charge in [-0.2, -0.15) is 4.39 Å². The molecular weight excluding hydrogens is 575 g/mol. The van der Waals surface area contributed by atoms with Crippen molar-refractivity contribution in [2.75, 3.05) is 0 Å². The predicted octanol–water partition coefficient (Wildman–Crippen LogP) is 7.46. The van der Waals surface area contributed by atoms with Gasteiger partial charge in [0.1, 0.15) is 5.69 Å². The number of aromatic nitrogens is 4. The Kier molecular flexibility index (Phi) is 5.92. The van der Waals surface area contributed by atoms with Crippen LogP contribution in [0.4, 0.5) is 13.2 Å². The van der Waals surface area contributed by atoms with Crippen LogP contribution in [0.25, 0.3) is 16.8 Å². The molecule has 1 fully saturated rings. The van der Waals surface area contributed by atoms with Gasteiger partial charge in [0, 0.05) is 40.3 Å². The molecule has 0 radical (unpaired) electrons. The fraction of sp³-hybridized carbons (Fsp3) is 0.273. The fourth-order valence-corrected chi connectivity index (χ4v) is 7.21. The molecule has 1 saturated carbocycles. The van der Waals surface area contributed by atoms with Crippen LogP contribution in [0.5, 0.6) is 0 Å². The van der Waals surface area contributed by atoms with Crippen LogP contribution in [-0.4, -0.2) is 25.3 Å². The van der Waals surface area contributed by atoms with Gasteiger partial charge in [-0.1, -0.05) is 41.1 Å². The summed E-state index contributed by atoms with van der Waals surface area (Å²) in [7, 11) is 0. The third-order valence-electron chi connectivity index (χ3n) is 9.19. The Balaban J connectivity index is 1.13. The molecule has 3 unspecified atom stereocenters. The van der Waals surface area contributed by atoms with E-state index in [0.717, 1.165) is 43.1 Å². The van der Waals surface area contributed by atoms with Crippen molar-refractivity contribution in [3.63, 3.8) is 0 Å². The molecule has 6 nitrogen and oxygen atoms in total. The van der Waals surface area contributed by atoms with Crippen LogP contribution in [0, 0.1) is 5.92 Å². The number of aryl methyl sites for hydroxylation is 1. The van der Waals surface area contributed by atoms with Gasteiger partial charge in [0.15, 0.2) is 0 Å². The van der Waals surface area contributed by atoms with E-state index in [1.807, 2.05) is 12.1 Å². The smallest absolute Gasteiger partial charge is 0.283 e. The summed E-state index contributed by atoms with van der Waals surface area (Å²) in [4.78, 5) is 18.1. The molecule has 216 valence electrons. The Hall–Kier alpha value is -4.24. The van der Waals surface area contributed by atoms with Crippen LogP contribution in [0.3, 0.4) is 0 Å². The van der Waals surface area contributed by atoms with Gasteiger partial charge in [0.05, 0.1) is 23.6 Å². The molecule has 0 bridgehead atoms. The summed E-state index contributed by atoms with van der Waals surface area (Å²) in [6, 6.07) is 14.2. The molecule has 3 atom stereocenters. The zero-order chi connectivity index (χ0) is 29.6. The van der Waals surface area contributed by atoms with Gasteiger partial charge in [-0.05, 0) is 84.2 Å². The number of pyridine rings is 1. The molecule has 0 N–H and O–H groups in total. The van der Waals surface area contributed by atoms with Crippen molar-refractivity contribution in [1.29, 1.82) is 0 Å². The first-order chi connectivity index (χ1) is 20.7. The monoisotopic (exact) mass is 599 g/mol. The molecule has 0 saturated heterocycles. The number of rotatable bonds is 5. The highest BCUT2D eigenvalue weighted by Crippen LogP contribution is 2.62. The van der Waals surface area contributed by atoms with Crippen LogP contribution in [0.2, 0.25) is 5.02 Å². The van der Waals surface area contributed by atoms with Gasteiger partial charge >= 0.3 is 0 Å². The normalized spacial score (nSPS) is 22.1. The molecule has 8 rings (SSSR count). The average Bonchev–Trinajstić information content (AvgIpc) is 3.29. The number of alkyl halides is 2. The van der Waals surface area contributed by atoms with Crippen LogP contribution in [-0.2, 0) is 12.8 Å². The second-order valence-corrected chi connectivity index (χ2v) is 12.3. The summed E-state index contributed by atoms with van der Waals surface area (Å²) in [5.74, 6) is -0.257. The number of hydrogen-bond acceptors (Lipinski definition) is 4. The zero-order valence-electron chi connectivity index (χ0n) is 22.9. The van der Waals surface area contributed by atoms with Gasteiger partial charge in [0.2, 0.25) is 5.95 Å². The minimum Gasteiger partial charge on any atom is -0.305 e. The molecule has 2 aromatic heterocycles. The van der Waals surface area contributed by atoms with E-state index in [2.05, 4.69) is 34.0 Å². The number of fused-ring (bicyclic) bond motifs is 4. The summed E-state index contributed by atoms with van der Waals surface area (Å²) in [6.45, 7) is 4.12. The van der Waals surface area contributed by atoms with Crippen molar-refractivity contribution in [1.82, 2.24) is 19.6 Å². The summed E-state index contributed by atoms with van der Waals surface area (Å²) in [6.07, 6.45) is 2.37. The molecule has 10 heteroatoms. The third kappa shape index (κ3) is 4.32. The Bertz CT molecular complexity index is 1990. The first-order valence-electron chi connectivity index (χ1n) is 14.3. The maximum atomic E-state index is 15.6. The standard InChI is InChI=1S/C33H25ClF3N5O/c1-16-2-3-18-9-19(5-4-17(18)8-16)26-14-25(33(37)38-26)31-24-13-23(24)29-10-20(11-30(43)42(29)31)22-12-21(34)6-7-28(22)41-15-27(32(35)36)39-40-41/h4-7,9-12,15,23-24,31-32H,1-3,8,13-14H2. The third-order valence-corrected chi connectivity index (χ3v) is 9.43. The number of hydrogen-bond donors (Lipinski definition) is 0. The molecule has 2 aromatic carbocycles. The number of aliphatic imine (C=N–C) groups is 1. The first kappa shape index (κ1) is 26.4. The van der Waals surface area contributed by atoms with Crippen molar-refractivity contribution in [3.05, 3.63) is 122 Å². The predicted molar refractivity (Wildman–Crippen MR) is 158 cm³/mol. The number of benzene rings is 2. The van der Waals surface area contributed by atoms with E-state index in [1.54, 1.807) is 22.8 Å². The van der Waals surface area contributed by atoms with Crippen molar-refractivity contribution < 1.29 is 13.2 Å². The highest BCUT2D eigenvalue weighted by molar-refractivity contribution is 6.31. The average molecular weight is 600 g/mol. The molecule has 2 aliphatic carbocycles. The summed E-state index contributed by atoms with van der Waals surface area (Å²) < 4.78 is 44.9. The lowest BCUT2D eigenvalue weighted by molar-refractivity contribution is 0.146. The van der Waals surface area contributed by atoms with Crippen LogP contribution < -0.4 is 5.56 Å². The number of allylic oxidation sites excluding steroid dienone is 2. The van der Waals surface area contributed by atoms with Crippen LogP contribution >= 0.6 is 11.6 Å². The minimum atomic E-state index is -2.76. The quantitative estimate of drug-likeness (QED) is 0.177. The maximum Gasteiger partial charge on any atom is 0.283 e. The Morgan fingerprint density at radius 1 is 1.00 bits per heavy atom. The summed E-state index contributed by atoms with van der Waals surface area (Å²) in [5.41, 5.74) is 7.65. The molecule has 2 aliphatic heterocycles. The lowest BCUT2D eigenvalue weighted by atomic mass is 9.86. The van der Waals surface area contributed by atoms with E-state index in [9.17, 15) is 13.6 Å². The highest BCUT2D eigenvalue weighted by atomic mass is 35.5. The van der Waals surface area contributed by atoms with Gasteiger partial charge in [-0.25, -0.2) is 18.5 Å². The van der Waals surface area contributed by atoms with Crippen molar-refractivity contribution in [2.45, 2.75) is 50.5 Å². The fourth-order valence-electron chi connectivity index (χ4n) is 7.04. The van der Waals surface area contributed by atoms with E-state index in [-0.39, 0.29) is 17.4 Å². The lowest BCUT2D eigenvalue weighted by Gasteiger charge is -2.21. The summed E-state index contributed by atoms with van der Waals surface area (Å²) in [5, 5.41) is 7.86. The molecule has 4 aromatic rings. The largest absolute Gasteiger partial charge is 0.305 e. The highest BCUT2D eigenvalue weighted by Gasteiger charge is 2.55. The Labute approximate surface area is 249 Å². The van der Waals surface area contributed by atoms with Gasteiger partial charge in [-0.3, -0.25) is 4.79 Å². The molecular formula is C33H25ClF3N5O. The number of nitrogens with zero attached hydrogens (tertiary/aromatic N) is 5. The van der Waals surface area contributed by atoms with E-state index in [0.29, 0.717) is 39.5 Å². The maximum absolute atomic E-state index is 15.6. The minimum absolute atomic E-state index is 0.121. The van der Waals surface area contributed by atoms with Crippen LogP contribution in [0.15, 0.2) is 88.2 Å². The summed E-state index contributed by atoms with van der Waals surface area (Å²) >= 11 is 6.33. The molecule has 43 heavy (non-hydrogen) atoms. The van der Waals surface area contributed by atoms with Crippen molar-refractivity contribution in [3.8, 4) is 16.8 Å². The van der Waals surface area contributed by atoms with Crippen molar-refractivity contribution in [2.24, 2.45) is 10.9 Å².